The maximum Gasteiger partial charge on any atom is 0.338 e. The highest BCUT2D eigenvalue weighted by atomic mass is 16.7. The number of ether oxygens (including phenoxy) is 3. The fourth-order valence-electron chi connectivity index (χ4n) is 3.07. The highest BCUT2D eigenvalue weighted by Crippen LogP contribution is 2.37. The van der Waals surface area contributed by atoms with Crippen LogP contribution < -0.4 is 0 Å². The van der Waals surface area contributed by atoms with Crippen LogP contribution in [-0.4, -0.2) is 95.2 Å². The Balaban J connectivity index is 1.71. The molecule has 1 fully saturated rings. The first-order valence-corrected chi connectivity index (χ1v) is 9.48. The lowest BCUT2D eigenvalue weighted by Gasteiger charge is -2.39. The summed E-state index contributed by atoms with van der Waals surface area (Å²) in [5, 5.41) is 87.1. The van der Waals surface area contributed by atoms with Gasteiger partial charge in [-0.05, 0) is 24.3 Å². The summed E-state index contributed by atoms with van der Waals surface area (Å²) in [6, 6.07) is 3.07. The Kier molecular flexibility index (Phi) is 6.88. The zero-order chi connectivity index (χ0) is 25.3. The molecule has 5 atom stereocenters. The summed E-state index contributed by atoms with van der Waals surface area (Å²) in [6.45, 7) is -0.749. The van der Waals surface area contributed by atoms with Gasteiger partial charge in [-0.3, -0.25) is 0 Å². The summed E-state index contributed by atoms with van der Waals surface area (Å²) in [5.41, 5.74) is -0.850. The Morgan fingerprint density at radius 2 is 1.18 bits per heavy atom. The van der Waals surface area contributed by atoms with Crippen LogP contribution in [0.3, 0.4) is 0 Å². The number of carbonyl (C=O) groups is 2. The maximum absolute atomic E-state index is 12.4. The average Bonchev–Trinajstić information content (AvgIpc) is 2.79. The summed E-state index contributed by atoms with van der Waals surface area (Å²) in [4.78, 5) is 24.5. The van der Waals surface area contributed by atoms with Crippen molar-refractivity contribution in [2.24, 2.45) is 0 Å². The summed E-state index contributed by atoms with van der Waals surface area (Å²) >= 11 is 0. The van der Waals surface area contributed by atoms with E-state index in [1.54, 1.807) is 0 Å². The second kappa shape index (κ2) is 9.48. The molecule has 14 nitrogen and oxygen atoms in total. The normalized spacial score (nSPS) is 24.4. The van der Waals surface area contributed by atoms with Crippen LogP contribution in [0.2, 0.25) is 0 Å². The quantitative estimate of drug-likeness (QED) is 0.178. The van der Waals surface area contributed by atoms with Crippen molar-refractivity contribution in [3.05, 3.63) is 35.4 Å². The molecular weight excluding hydrogens is 464 g/mol. The second-order valence-electron chi connectivity index (χ2n) is 7.24. The number of hydrogen-bond acceptors (Lipinski definition) is 14. The van der Waals surface area contributed by atoms with Crippen molar-refractivity contribution in [2.45, 2.75) is 30.7 Å². The Morgan fingerprint density at radius 1 is 0.735 bits per heavy atom. The van der Waals surface area contributed by atoms with Gasteiger partial charge in [-0.2, -0.15) is 0 Å². The molecule has 0 aromatic heterocycles. The number of phenols is 6. The molecule has 0 spiro atoms. The minimum atomic E-state index is -1.99. The minimum absolute atomic E-state index is 0.381. The maximum atomic E-state index is 12.4. The van der Waals surface area contributed by atoms with E-state index in [-0.39, 0.29) is 5.56 Å². The van der Waals surface area contributed by atoms with E-state index in [0.29, 0.717) is 0 Å². The lowest BCUT2D eigenvalue weighted by atomic mass is 9.99. The summed E-state index contributed by atoms with van der Waals surface area (Å²) in [7, 11) is 0. The first-order valence-electron chi connectivity index (χ1n) is 9.48. The average molecular weight is 484 g/mol. The first kappa shape index (κ1) is 24.7. The van der Waals surface area contributed by atoms with Crippen molar-refractivity contribution >= 4 is 11.9 Å². The van der Waals surface area contributed by atoms with Crippen LogP contribution in [0, 0.1) is 0 Å². The van der Waals surface area contributed by atoms with Crippen molar-refractivity contribution in [1.82, 2.24) is 0 Å². The van der Waals surface area contributed by atoms with Gasteiger partial charge in [0.15, 0.2) is 46.9 Å². The van der Waals surface area contributed by atoms with Crippen molar-refractivity contribution < 1.29 is 69.8 Å². The third-order valence-corrected chi connectivity index (χ3v) is 4.89. The molecule has 2 aromatic rings. The number of aliphatic hydroxyl groups excluding tert-OH is 3. The molecule has 1 heterocycles. The van der Waals surface area contributed by atoms with Gasteiger partial charge in [0.1, 0.15) is 24.9 Å². The van der Waals surface area contributed by atoms with E-state index >= 15 is 0 Å². The van der Waals surface area contributed by atoms with Crippen LogP contribution >= 0.6 is 0 Å². The number of hydrogen-bond donors (Lipinski definition) is 9. The van der Waals surface area contributed by atoms with Crippen molar-refractivity contribution in [3.63, 3.8) is 0 Å². The fraction of sp³-hybridized carbons (Fsp3) is 0.300. The fourth-order valence-corrected chi connectivity index (χ4v) is 3.07. The highest BCUT2D eigenvalue weighted by molar-refractivity contribution is 5.91. The molecule has 0 bridgehead atoms. The minimum Gasteiger partial charge on any atom is -0.504 e. The number of benzene rings is 2. The molecule has 0 saturated carbocycles. The SMILES string of the molecule is O=C(OCC1O[C@@H](O)[C@@H](O)C(OC(=O)c2cc(O)c(O)c(O)c2)[C@@H]1O)c1cc(O)c(O)c(O)c1. The smallest absolute Gasteiger partial charge is 0.338 e. The molecule has 0 amide bonds. The molecule has 1 saturated heterocycles. The number of aliphatic hydroxyl groups is 3. The van der Waals surface area contributed by atoms with Crippen LogP contribution in [-0.2, 0) is 14.2 Å². The van der Waals surface area contributed by atoms with Gasteiger partial charge in [0, 0.05) is 0 Å². The molecule has 3 rings (SSSR count). The van der Waals surface area contributed by atoms with Gasteiger partial charge in [-0.25, -0.2) is 9.59 Å². The van der Waals surface area contributed by atoms with Gasteiger partial charge in [-0.1, -0.05) is 0 Å². The van der Waals surface area contributed by atoms with E-state index in [1.807, 2.05) is 0 Å². The van der Waals surface area contributed by atoms with E-state index in [9.17, 15) is 55.5 Å². The van der Waals surface area contributed by atoms with Crippen molar-refractivity contribution in [2.75, 3.05) is 6.61 Å². The monoisotopic (exact) mass is 484 g/mol. The Morgan fingerprint density at radius 3 is 1.65 bits per heavy atom. The van der Waals surface area contributed by atoms with Crippen LogP contribution in [0.25, 0.3) is 0 Å². The van der Waals surface area contributed by atoms with Gasteiger partial charge < -0.3 is 60.2 Å². The molecule has 34 heavy (non-hydrogen) atoms. The van der Waals surface area contributed by atoms with Gasteiger partial charge in [-0.15, -0.1) is 0 Å². The summed E-state index contributed by atoms with van der Waals surface area (Å²) in [5.74, 6) is -7.48. The molecular formula is C20H20O14. The number of phenolic OH excluding ortho intramolecular Hbond substituents is 6. The van der Waals surface area contributed by atoms with Crippen LogP contribution in [0.1, 0.15) is 20.7 Å². The molecule has 14 heteroatoms. The Bertz CT molecular complexity index is 1050. The molecule has 0 radical (unpaired) electrons. The third kappa shape index (κ3) is 4.84. The van der Waals surface area contributed by atoms with Gasteiger partial charge in [0.25, 0.3) is 0 Å². The van der Waals surface area contributed by atoms with E-state index in [1.165, 1.54) is 0 Å². The largest absolute Gasteiger partial charge is 0.504 e. The molecule has 2 aromatic carbocycles. The predicted molar refractivity (Wildman–Crippen MR) is 105 cm³/mol. The van der Waals surface area contributed by atoms with E-state index < -0.39 is 89.3 Å². The number of rotatable bonds is 5. The summed E-state index contributed by atoms with van der Waals surface area (Å²) < 4.78 is 14.8. The van der Waals surface area contributed by atoms with Crippen molar-refractivity contribution in [3.8, 4) is 34.5 Å². The highest BCUT2D eigenvalue weighted by Gasteiger charge is 2.47. The third-order valence-electron chi connectivity index (χ3n) is 4.89. The van der Waals surface area contributed by atoms with Crippen LogP contribution in [0.4, 0.5) is 0 Å². The molecule has 1 aliphatic heterocycles. The second-order valence-corrected chi connectivity index (χ2v) is 7.24. The zero-order valence-electron chi connectivity index (χ0n) is 17.0. The molecule has 184 valence electrons. The molecule has 2 unspecified atom stereocenters. The molecule has 1 aliphatic rings. The van der Waals surface area contributed by atoms with Crippen LogP contribution in [0.15, 0.2) is 24.3 Å². The van der Waals surface area contributed by atoms with E-state index in [2.05, 4.69) is 0 Å². The molecule has 0 aliphatic carbocycles. The van der Waals surface area contributed by atoms with Gasteiger partial charge >= 0.3 is 11.9 Å². The topological polar surface area (TPSA) is 244 Å². The van der Waals surface area contributed by atoms with Crippen molar-refractivity contribution in [1.29, 1.82) is 0 Å². The zero-order valence-corrected chi connectivity index (χ0v) is 17.0. The van der Waals surface area contributed by atoms with Gasteiger partial charge in [0.2, 0.25) is 0 Å². The lowest BCUT2D eigenvalue weighted by Crippen LogP contribution is -2.60. The van der Waals surface area contributed by atoms with Crippen LogP contribution in [0.5, 0.6) is 34.5 Å². The lowest BCUT2D eigenvalue weighted by molar-refractivity contribution is -0.285. The van der Waals surface area contributed by atoms with E-state index in [0.717, 1.165) is 24.3 Å². The number of esters is 2. The number of carbonyl (C=O) groups excluding carboxylic acids is 2. The van der Waals surface area contributed by atoms with Gasteiger partial charge in [0.05, 0.1) is 11.1 Å². The standard InChI is InChI=1S/C20H20O14/c21-8-1-6(2-9(22)13(8)25)18(29)32-5-12-15(27)17(16(28)20(31)33-12)34-19(30)7-3-10(23)14(26)11(24)4-7/h1-4,12,15-17,20-28,31H,5H2/t12?,15-,16+,17?,20-/m1/s1. The Hall–Kier alpha value is -3.98. The molecule has 9 N–H and O–H groups in total. The number of aromatic hydroxyl groups is 6. The predicted octanol–water partition coefficient (Wildman–Crippen LogP) is -1.26. The first-order chi connectivity index (χ1) is 15.9. The summed E-state index contributed by atoms with van der Waals surface area (Å²) in [6.07, 6.45) is -9.14. The Labute approximate surface area is 189 Å². The van der Waals surface area contributed by atoms with E-state index in [4.69, 9.17) is 14.2 Å².